The highest BCUT2D eigenvalue weighted by atomic mass is 35.5. The first-order valence-corrected chi connectivity index (χ1v) is 5.87. The van der Waals surface area contributed by atoms with E-state index < -0.39 is 0 Å². The summed E-state index contributed by atoms with van der Waals surface area (Å²) in [6.07, 6.45) is 0. The van der Waals surface area contributed by atoms with Crippen molar-refractivity contribution in [1.82, 2.24) is 15.0 Å². The van der Waals surface area contributed by atoms with Gasteiger partial charge in [0.2, 0.25) is 0 Å². The van der Waals surface area contributed by atoms with Gasteiger partial charge in [0, 0.05) is 0 Å². The fraction of sp³-hybridized carbons (Fsp3) is 0. The molecule has 0 bridgehead atoms. The largest absolute Gasteiger partial charge is 0.336 e. The zero-order chi connectivity index (χ0) is 12.7. The minimum absolute atomic E-state index is 0.177. The Morgan fingerprint density at radius 1 is 1.11 bits per heavy atom. The van der Waals surface area contributed by atoms with Gasteiger partial charge >= 0.3 is 0 Å². The molecule has 0 unspecified atom stereocenters. The van der Waals surface area contributed by atoms with E-state index in [1.165, 1.54) is 6.07 Å². The lowest BCUT2D eigenvalue weighted by Gasteiger charge is -1.96. The smallest absolute Gasteiger partial charge is 0.179 e. The molecule has 0 saturated carbocycles. The lowest BCUT2D eigenvalue weighted by atomic mass is 10.2. The Morgan fingerprint density at radius 2 is 1.89 bits per heavy atom. The lowest BCUT2D eigenvalue weighted by molar-refractivity contribution is 0.630. The van der Waals surface area contributed by atoms with E-state index in [0.717, 1.165) is 0 Å². The molecule has 0 amide bonds. The van der Waals surface area contributed by atoms with Gasteiger partial charge in [0.25, 0.3) is 0 Å². The minimum Gasteiger partial charge on any atom is -0.336 e. The van der Waals surface area contributed by atoms with Crippen molar-refractivity contribution in [2.75, 3.05) is 0 Å². The molecule has 0 spiro atoms. The Labute approximate surface area is 112 Å². The number of H-pyrrole nitrogens is 1. The number of fused-ring (bicyclic) bond motifs is 1. The van der Waals surface area contributed by atoms with Crippen molar-refractivity contribution >= 4 is 34.4 Å². The van der Waals surface area contributed by atoms with Gasteiger partial charge in [0.15, 0.2) is 5.65 Å². The van der Waals surface area contributed by atoms with Crippen molar-refractivity contribution in [2.45, 2.75) is 0 Å². The number of nitrogens with one attached hydrogen (secondary N) is 1. The molecule has 0 saturated heterocycles. The molecule has 0 aliphatic carbocycles. The zero-order valence-electron chi connectivity index (χ0n) is 8.92. The molecule has 1 N–H and O–H groups in total. The minimum atomic E-state index is -0.353. The highest BCUT2D eigenvalue weighted by Crippen LogP contribution is 2.26. The fourth-order valence-corrected chi connectivity index (χ4v) is 1.96. The Morgan fingerprint density at radius 3 is 2.67 bits per heavy atom. The molecule has 0 aliphatic heterocycles. The number of pyridine rings is 1. The Kier molecular flexibility index (Phi) is 2.69. The van der Waals surface area contributed by atoms with E-state index in [9.17, 15) is 4.39 Å². The first-order valence-electron chi connectivity index (χ1n) is 5.12. The number of aromatic amines is 1. The standard InChI is InChI=1S/C12H6Cl2FN3/c13-7-5-9-12(17-10(7)14)18-11(16-9)6-3-1-2-4-8(6)15/h1-5H,(H,16,17,18). The van der Waals surface area contributed by atoms with E-state index in [1.807, 2.05) is 0 Å². The Hall–Kier alpha value is -1.65. The Balaban J connectivity index is 2.23. The average molecular weight is 282 g/mol. The molecule has 3 rings (SSSR count). The molecule has 6 heteroatoms. The van der Waals surface area contributed by atoms with Crippen LogP contribution in [0, 0.1) is 5.82 Å². The van der Waals surface area contributed by atoms with Crippen molar-refractivity contribution in [3.8, 4) is 11.4 Å². The molecule has 3 aromatic rings. The molecule has 2 heterocycles. The predicted octanol–water partition coefficient (Wildman–Crippen LogP) is 4.07. The molecule has 0 fully saturated rings. The van der Waals surface area contributed by atoms with Gasteiger partial charge in [-0.3, -0.25) is 0 Å². The lowest BCUT2D eigenvalue weighted by Crippen LogP contribution is -1.85. The van der Waals surface area contributed by atoms with Crippen molar-refractivity contribution in [1.29, 1.82) is 0 Å². The molecule has 2 aromatic heterocycles. The second kappa shape index (κ2) is 4.23. The van der Waals surface area contributed by atoms with Crippen LogP contribution in [0.3, 0.4) is 0 Å². The Bertz CT molecular complexity index is 700. The zero-order valence-corrected chi connectivity index (χ0v) is 10.4. The third-order valence-corrected chi connectivity index (χ3v) is 3.19. The van der Waals surface area contributed by atoms with Crippen LogP contribution in [0.2, 0.25) is 10.2 Å². The summed E-state index contributed by atoms with van der Waals surface area (Å²) in [6, 6.07) is 7.97. The third-order valence-electron chi connectivity index (χ3n) is 2.51. The highest BCUT2D eigenvalue weighted by molar-refractivity contribution is 6.41. The van der Waals surface area contributed by atoms with Gasteiger partial charge in [0.05, 0.1) is 16.1 Å². The predicted molar refractivity (Wildman–Crippen MR) is 69.3 cm³/mol. The first kappa shape index (κ1) is 11.4. The van der Waals surface area contributed by atoms with Crippen LogP contribution in [0.15, 0.2) is 30.3 Å². The average Bonchev–Trinajstić information content (AvgIpc) is 2.73. The van der Waals surface area contributed by atoms with Gasteiger partial charge in [-0.25, -0.2) is 14.4 Å². The second-order valence-corrected chi connectivity index (χ2v) is 4.46. The van der Waals surface area contributed by atoms with Gasteiger partial charge in [0.1, 0.15) is 16.8 Å². The normalized spacial score (nSPS) is 11.1. The number of benzene rings is 1. The van der Waals surface area contributed by atoms with Crippen LogP contribution in [0.4, 0.5) is 4.39 Å². The summed E-state index contributed by atoms with van der Waals surface area (Å²) in [6.45, 7) is 0. The topological polar surface area (TPSA) is 41.6 Å². The summed E-state index contributed by atoms with van der Waals surface area (Å²) < 4.78 is 13.6. The molecule has 1 aromatic carbocycles. The summed E-state index contributed by atoms with van der Waals surface area (Å²) in [4.78, 5) is 11.2. The molecule has 3 nitrogen and oxygen atoms in total. The number of hydrogen-bond donors (Lipinski definition) is 1. The highest BCUT2D eigenvalue weighted by Gasteiger charge is 2.11. The van der Waals surface area contributed by atoms with Crippen molar-refractivity contribution < 1.29 is 4.39 Å². The molecule has 0 aliphatic rings. The number of nitrogens with zero attached hydrogens (tertiary/aromatic N) is 2. The fourth-order valence-electron chi connectivity index (χ4n) is 1.68. The van der Waals surface area contributed by atoms with E-state index in [-0.39, 0.29) is 11.0 Å². The molecule has 18 heavy (non-hydrogen) atoms. The van der Waals surface area contributed by atoms with Gasteiger partial charge in [-0.2, -0.15) is 0 Å². The maximum atomic E-state index is 13.6. The number of imidazole rings is 1. The van der Waals surface area contributed by atoms with Gasteiger partial charge in [-0.05, 0) is 18.2 Å². The molecular formula is C12H6Cl2FN3. The molecule has 0 atom stereocenters. The van der Waals surface area contributed by atoms with Crippen molar-refractivity contribution in [2.24, 2.45) is 0 Å². The molecule has 90 valence electrons. The van der Waals surface area contributed by atoms with Gasteiger partial charge < -0.3 is 4.98 Å². The van der Waals surface area contributed by atoms with E-state index in [1.54, 1.807) is 24.3 Å². The summed E-state index contributed by atoms with van der Waals surface area (Å²) in [5, 5.41) is 0.503. The van der Waals surface area contributed by atoms with Crippen molar-refractivity contribution in [3.05, 3.63) is 46.3 Å². The second-order valence-electron chi connectivity index (χ2n) is 3.70. The summed E-state index contributed by atoms with van der Waals surface area (Å²) in [5.74, 6) is 0.0442. The third kappa shape index (κ3) is 1.83. The number of aromatic nitrogens is 3. The number of halogens is 3. The van der Waals surface area contributed by atoms with E-state index >= 15 is 0 Å². The van der Waals surface area contributed by atoms with E-state index in [2.05, 4.69) is 15.0 Å². The quantitative estimate of drug-likeness (QED) is 0.683. The van der Waals surface area contributed by atoms with E-state index in [4.69, 9.17) is 23.2 Å². The summed E-state index contributed by atoms with van der Waals surface area (Å²) >= 11 is 11.7. The SMILES string of the molecule is Fc1ccccc1-c1nc2nc(Cl)c(Cl)cc2[nH]1. The monoisotopic (exact) mass is 281 g/mol. The maximum absolute atomic E-state index is 13.6. The summed E-state index contributed by atoms with van der Waals surface area (Å²) in [7, 11) is 0. The van der Waals surface area contributed by atoms with Gasteiger partial charge in [-0.15, -0.1) is 0 Å². The van der Waals surface area contributed by atoms with Gasteiger partial charge in [-0.1, -0.05) is 35.3 Å². The van der Waals surface area contributed by atoms with E-state index in [0.29, 0.717) is 27.6 Å². The van der Waals surface area contributed by atoms with Crippen LogP contribution < -0.4 is 0 Å². The molecular weight excluding hydrogens is 276 g/mol. The van der Waals surface area contributed by atoms with Crippen LogP contribution in [-0.4, -0.2) is 15.0 Å². The maximum Gasteiger partial charge on any atom is 0.179 e. The van der Waals surface area contributed by atoms with Crippen LogP contribution >= 0.6 is 23.2 Å². The van der Waals surface area contributed by atoms with Crippen LogP contribution in [-0.2, 0) is 0 Å². The van der Waals surface area contributed by atoms with Crippen LogP contribution in [0.1, 0.15) is 0 Å². The summed E-state index contributed by atoms with van der Waals surface area (Å²) in [5.41, 5.74) is 1.40. The molecule has 0 radical (unpaired) electrons. The number of hydrogen-bond acceptors (Lipinski definition) is 2. The number of rotatable bonds is 1. The van der Waals surface area contributed by atoms with Crippen LogP contribution in [0.25, 0.3) is 22.6 Å². The van der Waals surface area contributed by atoms with Crippen molar-refractivity contribution in [3.63, 3.8) is 0 Å². The first-order chi connectivity index (χ1) is 8.65. The van der Waals surface area contributed by atoms with Crippen LogP contribution in [0.5, 0.6) is 0 Å².